The molecule has 0 aromatic heterocycles. The summed E-state index contributed by atoms with van der Waals surface area (Å²) in [5.74, 6) is -1.84. The highest BCUT2D eigenvalue weighted by atomic mass is 16.6. The Kier molecular flexibility index (Phi) is 6.68. The van der Waals surface area contributed by atoms with Crippen molar-refractivity contribution in [2.75, 3.05) is 0 Å². The maximum Gasteiger partial charge on any atom is 0.336 e. The second-order valence-corrected chi connectivity index (χ2v) is 9.34. The molecule has 0 amide bonds. The third kappa shape index (κ3) is 4.93. The number of ether oxygens (including phenoxy) is 1. The molecular formula is C30H26N2O5. The summed E-state index contributed by atoms with van der Waals surface area (Å²) in [6.45, 7) is 1.89. The Hall–Kier alpha value is -4.52. The van der Waals surface area contributed by atoms with Crippen LogP contribution in [0.25, 0.3) is 0 Å². The predicted molar refractivity (Wildman–Crippen MR) is 138 cm³/mol. The van der Waals surface area contributed by atoms with Crippen molar-refractivity contribution in [3.63, 3.8) is 0 Å². The van der Waals surface area contributed by atoms with Gasteiger partial charge in [-0.3, -0.25) is 14.9 Å². The smallest absolute Gasteiger partial charge is 0.336 e. The van der Waals surface area contributed by atoms with Crippen LogP contribution < -0.4 is 5.32 Å². The van der Waals surface area contributed by atoms with Gasteiger partial charge in [-0.05, 0) is 23.6 Å². The Balaban J connectivity index is 1.54. The van der Waals surface area contributed by atoms with E-state index in [2.05, 4.69) is 11.4 Å². The molecule has 7 heteroatoms. The number of nitro benzene ring substituents is 1. The maximum atomic E-state index is 13.7. The number of benzene rings is 3. The molecule has 3 unspecified atom stereocenters. The van der Waals surface area contributed by atoms with E-state index in [-0.39, 0.29) is 24.0 Å². The third-order valence-electron chi connectivity index (χ3n) is 6.99. The van der Waals surface area contributed by atoms with E-state index in [9.17, 15) is 19.7 Å². The third-order valence-corrected chi connectivity index (χ3v) is 6.99. The monoisotopic (exact) mass is 494 g/mol. The van der Waals surface area contributed by atoms with Crippen LogP contribution in [0.15, 0.2) is 108 Å². The molecule has 0 saturated heterocycles. The molecule has 1 heterocycles. The molecule has 1 aliphatic carbocycles. The van der Waals surface area contributed by atoms with Crippen molar-refractivity contribution >= 4 is 17.4 Å². The zero-order chi connectivity index (χ0) is 25.9. The van der Waals surface area contributed by atoms with E-state index in [1.165, 1.54) is 12.1 Å². The van der Waals surface area contributed by atoms with Gasteiger partial charge in [0.15, 0.2) is 0 Å². The molecule has 1 N–H and O–H groups in total. The quantitative estimate of drug-likeness (QED) is 0.274. The van der Waals surface area contributed by atoms with E-state index in [4.69, 9.17) is 4.74 Å². The molecule has 2 aliphatic rings. The van der Waals surface area contributed by atoms with Crippen LogP contribution in [0, 0.1) is 16.0 Å². The number of carbonyl (C=O) groups excluding carboxylic acids is 2. The Bertz CT molecular complexity index is 1390. The van der Waals surface area contributed by atoms with Crippen LogP contribution in [0.5, 0.6) is 0 Å². The normalized spacial score (nSPS) is 20.9. The van der Waals surface area contributed by atoms with Gasteiger partial charge in [-0.25, -0.2) is 4.79 Å². The average molecular weight is 495 g/mol. The number of hydrogen-bond acceptors (Lipinski definition) is 6. The van der Waals surface area contributed by atoms with Gasteiger partial charge < -0.3 is 10.1 Å². The Labute approximate surface area is 214 Å². The van der Waals surface area contributed by atoms with Crippen molar-refractivity contribution < 1.29 is 19.2 Å². The SMILES string of the molecule is CC1=C(C(=O)OCc2ccccc2)C(c2ccc([N+](=O)[O-])cc2)C2C(=O)CC(c3ccccc3)C=C2N1. The Morgan fingerprint density at radius 2 is 1.59 bits per heavy atom. The van der Waals surface area contributed by atoms with Crippen molar-refractivity contribution in [3.8, 4) is 0 Å². The highest BCUT2D eigenvalue weighted by Crippen LogP contribution is 2.46. The minimum atomic E-state index is -0.624. The molecule has 5 rings (SSSR count). The van der Waals surface area contributed by atoms with Crippen LogP contribution in [0.3, 0.4) is 0 Å². The van der Waals surface area contributed by atoms with Gasteiger partial charge in [0.25, 0.3) is 5.69 Å². The molecule has 7 nitrogen and oxygen atoms in total. The minimum absolute atomic E-state index is 0.00284. The van der Waals surface area contributed by atoms with Crippen LogP contribution in [0.2, 0.25) is 0 Å². The fourth-order valence-electron chi connectivity index (χ4n) is 5.22. The lowest BCUT2D eigenvalue weighted by atomic mass is 9.68. The van der Waals surface area contributed by atoms with Crippen molar-refractivity contribution in [1.82, 2.24) is 5.32 Å². The van der Waals surface area contributed by atoms with Crippen molar-refractivity contribution in [2.24, 2.45) is 5.92 Å². The van der Waals surface area contributed by atoms with Crippen LogP contribution in [-0.2, 0) is 20.9 Å². The Morgan fingerprint density at radius 3 is 2.24 bits per heavy atom. The number of rotatable bonds is 6. The van der Waals surface area contributed by atoms with Gasteiger partial charge >= 0.3 is 5.97 Å². The molecule has 0 saturated carbocycles. The largest absolute Gasteiger partial charge is 0.457 e. The first kappa shape index (κ1) is 24.2. The number of non-ortho nitro benzene ring substituents is 1. The molecule has 0 fully saturated rings. The summed E-state index contributed by atoms with van der Waals surface area (Å²) < 4.78 is 5.68. The van der Waals surface area contributed by atoms with E-state index < -0.39 is 22.7 Å². The Morgan fingerprint density at radius 1 is 0.946 bits per heavy atom. The zero-order valence-electron chi connectivity index (χ0n) is 20.3. The first-order valence-electron chi connectivity index (χ1n) is 12.1. The summed E-state index contributed by atoms with van der Waals surface area (Å²) in [4.78, 5) is 37.9. The lowest BCUT2D eigenvalue weighted by molar-refractivity contribution is -0.384. The predicted octanol–water partition coefficient (Wildman–Crippen LogP) is 5.56. The summed E-state index contributed by atoms with van der Waals surface area (Å²) in [6, 6.07) is 25.3. The molecule has 186 valence electrons. The van der Waals surface area contributed by atoms with Crippen LogP contribution in [0.4, 0.5) is 5.69 Å². The lowest BCUT2D eigenvalue weighted by Gasteiger charge is -2.39. The number of allylic oxidation sites excluding steroid dienone is 3. The van der Waals surface area contributed by atoms with Gasteiger partial charge in [0.2, 0.25) is 0 Å². The van der Waals surface area contributed by atoms with Crippen LogP contribution in [-0.4, -0.2) is 16.7 Å². The van der Waals surface area contributed by atoms with Gasteiger partial charge in [-0.1, -0.05) is 78.9 Å². The van der Waals surface area contributed by atoms with E-state index in [0.717, 1.165) is 16.8 Å². The highest BCUT2D eigenvalue weighted by Gasteiger charge is 2.45. The van der Waals surface area contributed by atoms with Crippen LogP contribution >= 0.6 is 0 Å². The molecule has 37 heavy (non-hydrogen) atoms. The summed E-state index contributed by atoms with van der Waals surface area (Å²) >= 11 is 0. The van der Waals surface area contributed by atoms with E-state index in [1.54, 1.807) is 19.1 Å². The second-order valence-electron chi connectivity index (χ2n) is 9.34. The van der Waals surface area contributed by atoms with Crippen molar-refractivity contribution in [2.45, 2.75) is 31.8 Å². The van der Waals surface area contributed by atoms with Gasteiger partial charge in [-0.15, -0.1) is 0 Å². The molecule has 0 spiro atoms. The molecule has 3 atom stereocenters. The molecule has 3 aromatic rings. The zero-order valence-corrected chi connectivity index (χ0v) is 20.3. The summed E-state index contributed by atoms with van der Waals surface area (Å²) in [7, 11) is 0. The molecule has 0 radical (unpaired) electrons. The first-order chi connectivity index (χ1) is 17.9. The summed E-state index contributed by atoms with van der Waals surface area (Å²) in [6.07, 6.45) is 2.37. The molecule has 0 bridgehead atoms. The fraction of sp³-hybridized carbons (Fsp3) is 0.200. The van der Waals surface area contributed by atoms with Crippen molar-refractivity contribution in [1.29, 1.82) is 0 Å². The van der Waals surface area contributed by atoms with Gasteiger partial charge in [0.1, 0.15) is 12.4 Å². The lowest BCUT2D eigenvalue weighted by Crippen LogP contribution is -2.41. The minimum Gasteiger partial charge on any atom is -0.457 e. The van der Waals surface area contributed by atoms with Gasteiger partial charge in [0, 0.05) is 41.8 Å². The number of nitro groups is 1. The number of Topliss-reactive ketones (excluding diaryl/α,β-unsaturated/α-hetero) is 1. The van der Waals surface area contributed by atoms with E-state index in [0.29, 0.717) is 23.3 Å². The van der Waals surface area contributed by atoms with E-state index in [1.807, 2.05) is 60.7 Å². The number of ketones is 1. The average Bonchev–Trinajstić information content (AvgIpc) is 2.92. The van der Waals surface area contributed by atoms with Gasteiger partial charge in [0.05, 0.1) is 16.4 Å². The number of carbonyl (C=O) groups is 2. The van der Waals surface area contributed by atoms with Gasteiger partial charge in [-0.2, -0.15) is 0 Å². The number of nitrogens with zero attached hydrogens (tertiary/aromatic N) is 1. The van der Waals surface area contributed by atoms with E-state index >= 15 is 0 Å². The molecular weight excluding hydrogens is 468 g/mol. The summed E-state index contributed by atoms with van der Waals surface area (Å²) in [5, 5.41) is 14.6. The molecule has 1 aliphatic heterocycles. The van der Waals surface area contributed by atoms with Crippen LogP contribution in [0.1, 0.15) is 41.9 Å². The second kappa shape index (κ2) is 10.2. The number of fused-ring (bicyclic) bond motifs is 1. The number of nitrogens with one attached hydrogen (secondary N) is 1. The number of hydrogen-bond donors (Lipinski definition) is 1. The summed E-state index contributed by atoms with van der Waals surface area (Å²) in [5.41, 5.74) is 4.20. The number of esters is 1. The van der Waals surface area contributed by atoms with Crippen molar-refractivity contribution in [3.05, 3.63) is 135 Å². The fourth-order valence-corrected chi connectivity index (χ4v) is 5.22. The standard InChI is InChI=1S/C30H26N2O5/c1-19-27(30(34)37-18-20-8-4-2-5-9-20)28(22-12-14-24(15-13-22)32(35)36)29-25(31-19)16-23(17-26(29)33)21-10-6-3-7-11-21/h2-16,23,28-29,31H,17-18H2,1H3. The first-order valence-corrected chi connectivity index (χ1v) is 12.1. The topological polar surface area (TPSA) is 98.5 Å². The maximum absolute atomic E-state index is 13.7. The molecule has 3 aromatic carbocycles. The highest BCUT2D eigenvalue weighted by molar-refractivity contribution is 5.96.